The normalized spacial score (nSPS) is 15.6. The molecule has 1 heterocycles. The van der Waals surface area contributed by atoms with Crippen molar-refractivity contribution in [1.82, 2.24) is 4.90 Å². The molecule has 9 heteroatoms. The quantitative estimate of drug-likeness (QED) is 0.387. The molecule has 0 aromatic heterocycles. The first-order chi connectivity index (χ1) is 15.3. The van der Waals surface area contributed by atoms with E-state index in [1.54, 1.807) is 25.1 Å². The lowest BCUT2D eigenvalue weighted by Gasteiger charge is -2.19. The van der Waals surface area contributed by atoms with Gasteiger partial charge in [-0.15, -0.1) is 6.58 Å². The Bertz CT molecular complexity index is 1050. The minimum absolute atomic E-state index is 0.0541. The lowest BCUT2D eigenvalue weighted by atomic mass is 10.1. The van der Waals surface area contributed by atoms with Crippen molar-refractivity contribution in [3.8, 4) is 0 Å². The summed E-state index contributed by atoms with van der Waals surface area (Å²) in [5, 5.41) is 2.64. The number of nitrogens with zero attached hydrogens (tertiary/aromatic N) is 2. The van der Waals surface area contributed by atoms with Crippen LogP contribution in [0.15, 0.2) is 61.2 Å². The van der Waals surface area contributed by atoms with Crippen molar-refractivity contribution in [3.63, 3.8) is 0 Å². The van der Waals surface area contributed by atoms with Crippen LogP contribution >= 0.6 is 0 Å². The zero-order valence-corrected chi connectivity index (χ0v) is 17.4. The molecule has 1 N–H and O–H groups in total. The van der Waals surface area contributed by atoms with Crippen LogP contribution in [0.1, 0.15) is 23.7 Å². The molecule has 8 nitrogen and oxygen atoms in total. The van der Waals surface area contributed by atoms with Gasteiger partial charge in [-0.1, -0.05) is 12.1 Å². The topological polar surface area (TPSA) is 96.0 Å². The van der Waals surface area contributed by atoms with E-state index in [9.17, 15) is 23.6 Å². The molecule has 2 aromatic rings. The molecule has 0 spiro atoms. The van der Waals surface area contributed by atoms with E-state index in [-0.39, 0.29) is 30.8 Å². The maximum Gasteiger partial charge on any atom is 0.338 e. The van der Waals surface area contributed by atoms with Crippen LogP contribution in [-0.4, -0.2) is 47.9 Å². The summed E-state index contributed by atoms with van der Waals surface area (Å²) in [6.45, 7) is 5.56. The Balaban J connectivity index is 1.76. The van der Waals surface area contributed by atoms with Crippen molar-refractivity contribution >= 4 is 35.2 Å². The van der Waals surface area contributed by atoms with E-state index >= 15 is 0 Å². The predicted octanol–water partition coefficient (Wildman–Crippen LogP) is 3.35. The van der Waals surface area contributed by atoms with Crippen LogP contribution in [0.25, 0.3) is 0 Å². The van der Waals surface area contributed by atoms with Gasteiger partial charge in [0.05, 0.1) is 24.3 Å². The van der Waals surface area contributed by atoms with Crippen molar-refractivity contribution in [2.75, 3.05) is 23.4 Å². The standard InChI is InChI=1S/C23H22FN3O5/c1-3-12-26-19(21(29)27(23(26)31)18-10-8-16(24)9-11-18)14-20(28)25-17-7-5-6-15(13-17)22(30)32-4-2/h3,5-11,13,19H,1,4,12,14H2,2H3,(H,25,28)/t19-/m0/s1. The molecule has 2 aromatic carbocycles. The van der Waals surface area contributed by atoms with Gasteiger partial charge >= 0.3 is 12.0 Å². The minimum Gasteiger partial charge on any atom is -0.462 e. The lowest BCUT2D eigenvalue weighted by Crippen LogP contribution is -2.38. The van der Waals surface area contributed by atoms with E-state index in [1.807, 2.05) is 0 Å². The minimum atomic E-state index is -1.06. The number of halogens is 1. The first-order valence-electron chi connectivity index (χ1n) is 9.93. The molecule has 1 aliphatic rings. The summed E-state index contributed by atoms with van der Waals surface area (Å²) in [5.74, 6) is -2.14. The predicted molar refractivity (Wildman–Crippen MR) is 116 cm³/mol. The maximum atomic E-state index is 13.2. The number of esters is 1. The highest BCUT2D eigenvalue weighted by atomic mass is 19.1. The monoisotopic (exact) mass is 439 g/mol. The van der Waals surface area contributed by atoms with Crippen molar-refractivity contribution in [3.05, 3.63) is 72.6 Å². The van der Waals surface area contributed by atoms with E-state index in [0.29, 0.717) is 5.69 Å². The number of benzene rings is 2. The van der Waals surface area contributed by atoms with Crippen LogP contribution in [-0.2, 0) is 14.3 Å². The van der Waals surface area contributed by atoms with Crippen molar-refractivity contribution in [2.45, 2.75) is 19.4 Å². The van der Waals surface area contributed by atoms with E-state index in [4.69, 9.17) is 4.74 Å². The summed E-state index contributed by atoms with van der Waals surface area (Å²) in [6, 6.07) is 9.45. The molecule has 0 unspecified atom stereocenters. The lowest BCUT2D eigenvalue weighted by molar-refractivity contribution is -0.124. The summed E-state index contributed by atoms with van der Waals surface area (Å²) in [7, 11) is 0. The fraction of sp³-hybridized carbons (Fsp3) is 0.217. The fourth-order valence-corrected chi connectivity index (χ4v) is 3.33. The molecule has 1 fully saturated rings. The maximum absolute atomic E-state index is 13.2. The number of carbonyl (C=O) groups is 4. The fourth-order valence-electron chi connectivity index (χ4n) is 3.33. The number of ether oxygens (including phenoxy) is 1. The summed E-state index contributed by atoms with van der Waals surface area (Å²) in [4.78, 5) is 52.5. The van der Waals surface area contributed by atoms with E-state index < -0.39 is 35.7 Å². The third kappa shape index (κ3) is 4.83. The van der Waals surface area contributed by atoms with Gasteiger partial charge in [-0.2, -0.15) is 0 Å². The highest BCUT2D eigenvalue weighted by molar-refractivity contribution is 6.22. The highest BCUT2D eigenvalue weighted by Gasteiger charge is 2.46. The van der Waals surface area contributed by atoms with Gasteiger partial charge in [0.15, 0.2) is 0 Å². The Hall–Kier alpha value is -4.01. The third-order valence-corrected chi connectivity index (χ3v) is 4.77. The molecular weight excluding hydrogens is 417 g/mol. The smallest absolute Gasteiger partial charge is 0.338 e. The van der Waals surface area contributed by atoms with E-state index in [0.717, 1.165) is 17.0 Å². The molecule has 0 aliphatic carbocycles. The van der Waals surface area contributed by atoms with Gasteiger partial charge in [0.25, 0.3) is 5.91 Å². The van der Waals surface area contributed by atoms with Crippen molar-refractivity contribution in [1.29, 1.82) is 0 Å². The molecule has 1 aliphatic heterocycles. The average Bonchev–Trinajstić information content (AvgIpc) is 2.99. The number of urea groups is 1. The second-order valence-electron chi connectivity index (χ2n) is 6.94. The zero-order valence-electron chi connectivity index (χ0n) is 17.4. The average molecular weight is 439 g/mol. The summed E-state index contributed by atoms with van der Waals surface area (Å²) in [5.41, 5.74) is 0.830. The van der Waals surface area contributed by atoms with Crippen molar-refractivity contribution in [2.24, 2.45) is 0 Å². The molecular formula is C23H22FN3O5. The van der Waals surface area contributed by atoms with Crippen LogP contribution in [0.3, 0.4) is 0 Å². The van der Waals surface area contributed by atoms with Crippen LogP contribution in [0, 0.1) is 5.82 Å². The molecule has 3 rings (SSSR count). The first kappa shape index (κ1) is 22.7. The van der Waals surface area contributed by atoms with Crippen LogP contribution < -0.4 is 10.2 Å². The number of carbonyl (C=O) groups excluding carboxylic acids is 4. The Morgan fingerprint density at radius 3 is 2.56 bits per heavy atom. The summed E-state index contributed by atoms with van der Waals surface area (Å²) < 4.78 is 18.2. The number of imide groups is 1. The molecule has 1 atom stereocenters. The largest absolute Gasteiger partial charge is 0.462 e. The van der Waals surface area contributed by atoms with E-state index in [1.165, 1.54) is 29.2 Å². The Morgan fingerprint density at radius 2 is 1.91 bits per heavy atom. The third-order valence-electron chi connectivity index (χ3n) is 4.77. The molecule has 1 saturated heterocycles. The van der Waals surface area contributed by atoms with Gasteiger partial charge in [-0.3, -0.25) is 9.59 Å². The SMILES string of the molecule is C=CCN1C(=O)N(c2ccc(F)cc2)C(=O)[C@@H]1CC(=O)Nc1cccc(C(=O)OCC)c1. The molecule has 166 valence electrons. The molecule has 0 bridgehead atoms. The Kier molecular flexibility index (Phi) is 6.99. The Morgan fingerprint density at radius 1 is 1.19 bits per heavy atom. The van der Waals surface area contributed by atoms with Gasteiger partial charge in [0, 0.05) is 12.2 Å². The number of hydrogen-bond donors (Lipinski definition) is 1. The molecule has 0 saturated carbocycles. The van der Waals surface area contributed by atoms with E-state index in [2.05, 4.69) is 11.9 Å². The molecule has 4 amide bonds. The van der Waals surface area contributed by atoms with Crippen LogP contribution in [0.4, 0.5) is 20.6 Å². The van der Waals surface area contributed by atoms with Gasteiger partial charge in [0.2, 0.25) is 5.91 Å². The molecule has 0 radical (unpaired) electrons. The van der Waals surface area contributed by atoms with Gasteiger partial charge < -0.3 is 15.0 Å². The number of amides is 4. The number of anilines is 2. The summed E-state index contributed by atoms with van der Waals surface area (Å²) in [6.07, 6.45) is 1.15. The summed E-state index contributed by atoms with van der Waals surface area (Å²) >= 11 is 0. The zero-order chi connectivity index (χ0) is 23.3. The number of rotatable bonds is 8. The van der Waals surface area contributed by atoms with Gasteiger partial charge in [0.1, 0.15) is 11.9 Å². The van der Waals surface area contributed by atoms with Crippen LogP contribution in [0.5, 0.6) is 0 Å². The van der Waals surface area contributed by atoms with Gasteiger partial charge in [-0.25, -0.2) is 18.9 Å². The molecule has 32 heavy (non-hydrogen) atoms. The second-order valence-corrected chi connectivity index (χ2v) is 6.94. The Labute approximate surface area is 184 Å². The first-order valence-corrected chi connectivity index (χ1v) is 9.93. The van der Waals surface area contributed by atoms with Gasteiger partial charge in [-0.05, 0) is 49.4 Å². The number of hydrogen-bond acceptors (Lipinski definition) is 5. The second kappa shape index (κ2) is 9.86. The highest BCUT2D eigenvalue weighted by Crippen LogP contribution is 2.27. The van der Waals surface area contributed by atoms with Crippen LogP contribution in [0.2, 0.25) is 0 Å². The number of nitrogens with one attached hydrogen (secondary N) is 1. The van der Waals surface area contributed by atoms with Crippen molar-refractivity contribution < 1.29 is 28.3 Å².